The molecule has 0 atom stereocenters. The molecule has 0 aliphatic heterocycles. The molecule has 0 aliphatic rings. The predicted molar refractivity (Wildman–Crippen MR) is 66.0 cm³/mol. The second-order valence-corrected chi connectivity index (χ2v) is 3.87. The maximum Gasteiger partial charge on any atom is 0.224 e. The second-order valence-electron chi connectivity index (χ2n) is 3.87. The van der Waals surface area contributed by atoms with Gasteiger partial charge in [-0.1, -0.05) is 0 Å². The molecule has 0 saturated carbocycles. The number of rotatable bonds is 11. The largest absolute Gasteiger partial charge is 0.395 e. The Kier molecular flexibility index (Phi) is 10.9. The van der Waals surface area contributed by atoms with Crippen molar-refractivity contribution >= 4 is 5.91 Å². The Hall–Kier alpha value is -0.730. The van der Waals surface area contributed by atoms with Gasteiger partial charge >= 0.3 is 0 Å². The molecule has 0 fully saturated rings. The van der Waals surface area contributed by atoms with E-state index in [1.165, 1.54) is 4.90 Å². The molecule has 18 heavy (non-hydrogen) atoms. The Morgan fingerprint density at radius 1 is 0.722 bits per heavy atom. The monoisotopic (exact) mass is 264 g/mol. The Bertz CT molecular complexity index is 204. The van der Waals surface area contributed by atoms with Crippen molar-refractivity contribution in [2.45, 2.75) is 6.42 Å². The summed E-state index contributed by atoms with van der Waals surface area (Å²) < 4.78 is 0. The van der Waals surface area contributed by atoms with Crippen LogP contribution in [-0.4, -0.2) is 95.3 Å². The van der Waals surface area contributed by atoms with Gasteiger partial charge in [0.05, 0.1) is 26.4 Å². The van der Waals surface area contributed by atoms with Crippen LogP contribution in [0.4, 0.5) is 0 Å². The number of amides is 1. The zero-order valence-corrected chi connectivity index (χ0v) is 10.7. The molecule has 0 unspecified atom stereocenters. The fourth-order valence-electron chi connectivity index (χ4n) is 1.63. The van der Waals surface area contributed by atoms with Gasteiger partial charge in [0.2, 0.25) is 5.91 Å². The third-order valence-electron chi connectivity index (χ3n) is 2.57. The van der Waals surface area contributed by atoms with Crippen molar-refractivity contribution in [3.8, 4) is 0 Å². The quantitative estimate of drug-likeness (QED) is 0.328. The summed E-state index contributed by atoms with van der Waals surface area (Å²) in [6.07, 6.45) is 0.236. The number of carbonyl (C=O) groups is 1. The van der Waals surface area contributed by atoms with Gasteiger partial charge < -0.3 is 25.3 Å². The van der Waals surface area contributed by atoms with Crippen LogP contribution in [0.15, 0.2) is 0 Å². The zero-order valence-electron chi connectivity index (χ0n) is 10.7. The van der Waals surface area contributed by atoms with E-state index in [2.05, 4.69) is 0 Å². The number of carbonyl (C=O) groups excluding carboxylic acids is 1. The molecular weight excluding hydrogens is 240 g/mol. The maximum absolute atomic E-state index is 11.8. The fourth-order valence-corrected chi connectivity index (χ4v) is 1.63. The molecular formula is C11H24N2O5. The molecule has 0 saturated heterocycles. The highest BCUT2D eigenvalue weighted by atomic mass is 16.3. The number of nitrogens with zero attached hydrogens (tertiary/aromatic N) is 2. The Balaban J connectivity index is 4.08. The number of hydrogen-bond donors (Lipinski definition) is 4. The van der Waals surface area contributed by atoms with Crippen LogP contribution >= 0.6 is 0 Å². The van der Waals surface area contributed by atoms with E-state index < -0.39 is 0 Å². The lowest BCUT2D eigenvalue weighted by Gasteiger charge is -2.24. The van der Waals surface area contributed by atoms with Gasteiger partial charge in [0.1, 0.15) is 0 Å². The van der Waals surface area contributed by atoms with E-state index in [-0.39, 0.29) is 51.8 Å². The Morgan fingerprint density at radius 3 is 1.56 bits per heavy atom. The van der Waals surface area contributed by atoms with E-state index >= 15 is 0 Å². The molecule has 0 rings (SSSR count). The molecule has 0 bridgehead atoms. The number of aliphatic hydroxyl groups excluding tert-OH is 4. The van der Waals surface area contributed by atoms with Crippen LogP contribution in [0.5, 0.6) is 0 Å². The van der Waals surface area contributed by atoms with Gasteiger partial charge in [-0.05, 0) is 0 Å². The topological polar surface area (TPSA) is 104 Å². The maximum atomic E-state index is 11.8. The molecule has 0 aromatic rings. The number of aliphatic hydroxyl groups is 4. The highest BCUT2D eigenvalue weighted by Crippen LogP contribution is 1.97. The minimum atomic E-state index is -0.154. The summed E-state index contributed by atoms with van der Waals surface area (Å²) in [6, 6.07) is 0. The van der Waals surface area contributed by atoms with Crippen molar-refractivity contribution in [2.75, 3.05) is 59.2 Å². The minimum absolute atomic E-state index is 0.0226. The highest BCUT2D eigenvalue weighted by Gasteiger charge is 2.14. The van der Waals surface area contributed by atoms with Crippen molar-refractivity contribution in [3.05, 3.63) is 0 Å². The molecule has 0 aliphatic carbocycles. The van der Waals surface area contributed by atoms with E-state index in [1.54, 1.807) is 4.90 Å². The van der Waals surface area contributed by atoms with Crippen LogP contribution in [0.2, 0.25) is 0 Å². The van der Waals surface area contributed by atoms with Crippen molar-refractivity contribution in [3.63, 3.8) is 0 Å². The molecule has 108 valence electrons. The van der Waals surface area contributed by atoms with E-state index in [4.69, 9.17) is 20.4 Å². The van der Waals surface area contributed by atoms with E-state index in [0.29, 0.717) is 19.6 Å². The molecule has 0 heterocycles. The van der Waals surface area contributed by atoms with E-state index in [0.717, 1.165) is 0 Å². The normalized spacial score (nSPS) is 10.9. The number of hydrogen-bond acceptors (Lipinski definition) is 6. The molecule has 0 aromatic heterocycles. The summed E-state index contributed by atoms with van der Waals surface area (Å²) >= 11 is 0. The van der Waals surface area contributed by atoms with Gasteiger partial charge in [-0.2, -0.15) is 0 Å². The van der Waals surface area contributed by atoms with Crippen LogP contribution in [-0.2, 0) is 4.79 Å². The van der Waals surface area contributed by atoms with Gasteiger partial charge in [-0.3, -0.25) is 9.69 Å². The lowest BCUT2D eigenvalue weighted by molar-refractivity contribution is -0.132. The molecule has 0 aromatic carbocycles. The van der Waals surface area contributed by atoms with E-state index in [9.17, 15) is 4.79 Å². The lowest BCUT2D eigenvalue weighted by Crippen LogP contribution is -2.39. The molecule has 1 amide bonds. The third-order valence-corrected chi connectivity index (χ3v) is 2.57. The first-order valence-corrected chi connectivity index (χ1v) is 6.13. The van der Waals surface area contributed by atoms with E-state index in [1.807, 2.05) is 0 Å². The second kappa shape index (κ2) is 11.4. The van der Waals surface area contributed by atoms with Gasteiger partial charge in [-0.15, -0.1) is 0 Å². The van der Waals surface area contributed by atoms with Crippen LogP contribution in [0.1, 0.15) is 6.42 Å². The van der Waals surface area contributed by atoms with Crippen LogP contribution < -0.4 is 0 Å². The Morgan fingerprint density at radius 2 is 1.17 bits per heavy atom. The molecule has 7 nitrogen and oxygen atoms in total. The summed E-state index contributed by atoms with van der Waals surface area (Å²) in [5.74, 6) is -0.154. The van der Waals surface area contributed by atoms with Gasteiger partial charge in [0.15, 0.2) is 0 Å². The van der Waals surface area contributed by atoms with Crippen LogP contribution in [0.3, 0.4) is 0 Å². The first kappa shape index (κ1) is 17.3. The fraction of sp³-hybridized carbons (Fsp3) is 0.909. The Labute approximate surface area is 107 Å². The molecule has 7 heteroatoms. The molecule has 4 N–H and O–H groups in total. The first-order valence-electron chi connectivity index (χ1n) is 6.13. The van der Waals surface area contributed by atoms with Crippen molar-refractivity contribution < 1.29 is 25.2 Å². The zero-order chi connectivity index (χ0) is 13.8. The average molecular weight is 264 g/mol. The predicted octanol–water partition coefficient (Wildman–Crippen LogP) is -2.52. The summed E-state index contributed by atoms with van der Waals surface area (Å²) in [6.45, 7) is 1.36. The third kappa shape index (κ3) is 7.57. The minimum Gasteiger partial charge on any atom is -0.395 e. The van der Waals surface area contributed by atoms with Gasteiger partial charge in [0, 0.05) is 39.1 Å². The van der Waals surface area contributed by atoms with Crippen molar-refractivity contribution in [1.82, 2.24) is 9.80 Å². The highest BCUT2D eigenvalue weighted by molar-refractivity contribution is 5.76. The molecule has 0 radical (unpaired) electrons. The SMILES string of the molecule is O=C(CCN(CCO)CCO)N(CCO)CCO. The summed E-state index contributed by atoms with van der Waals surface area (Å²) in [5, 5.41) is 35.3. The summed E-state index contributed by atoms with van der Waals surface area (Å²) in [7, 11) is 0. The first-order chi connectivity index (χ1) is 8.69. The summed E-state index contributed by atoms with van der Waals surface area (Å²) in [5.41, 5.74) is 0. The van der Waals surface area contributed by atoms with Crippen molar-refractivity contribution in [2.24, 2.45) is 0 Å². The average Bonchev–Trinajstić information content (AvgIpc) is 2.36. The van der Waals surface area contributed by atoms with Gasteiger partial charge in [0.25, 0.3) is 0 Å². The van der Waals surface area contributed by atoms with Crippen LogP contribution in [0, 0.1) is 0 Å². The van der Waals surface area contributed by atoms with Crippen molar-refractivity contribution in [1.29, 1.82) is 0 Å². The van der Waals surface area contributed by atoms with Crippen LogP contribution in [0.25, 0.3) is 0 Å². The molecule has 0 spiro atoms. The smallest absolute Gasteiger partial charge is 0.224 e. The summed E-state index contributed by atoms with van der Waals surface area (Å²) in [4.78, 5) is 15.0. The lowest BCUT2D eigenvalue weighted by atomic mass is 10.3. The van der Waals surface area contributed by atoms with Gasteiger partial charge in [-0.25, -0.2) is 0 Å². The standard InChI is InChI=1S/C11H24N2O5/c14-7-3-12(4-8-15)2-1-11(18)13(5-9-16)6-10-17/h14-17H,1-10H2.